The van der Waals surface area contributed by atoms with E-state index in [9.17, 15) is 4.79 Å². The van der Waals surface area contributed by atoms with Crippen molar-refractivity contribution in [2.75, 3.05) is 30.3 Å². The largest absolute Gasteiger partial charge is 0.397 e. The van der Waals surface area contributed by atoms with Gasteiger partial charge in [0.1, 0.15) is 4.88 Å². The van der Waals surface area contributed by atoms with Gasteiger partial charge in [-0.15, -0.1) is 11.3 Å². The highest BCUT2D eigenvalue weighted by atomic mass is 32.1. The van der Waals surface area contributed by atoms with Crippen molar-refractivity contribution in [3.05, 3.63) is 10.9 Å². The van der Waals surface area contributed by atoms with Gasteiger partial charge in [-0.3, -0.25) is 4.79 Å². The van der Waals surface area contributed by atoms with Gasteiger partial charge in [-0.25, -0.2) is 0 Å². The Bertz CT molecular complexity index is 438. The average Bonchev–Trinajstić information content (AvgIpc) is 2.79. The van der Waals surface area contributed by atoms with Crippen LogP contribution in [0.1, 0.15) is 35.9 Å². The highest BCUT2D eigenvalue weighted by Gasteiger charge is 2.21. The normalized spacial score (nSPS) is 16.6. The number of piperidine rings is 1. The minimum atomic E-state index is -0.0655. The van der Waals surface area contributed by atoms with Crippen molar-refractivity contribution in [3.8, 4) is 0 Å². The number of carbonyl (C=O) groups excluding carboxylic acids is 1. The summed E-state index contributed by atoms with van der Waals surface area (Å²) in [5.74, 6) is -0.0655. The van der Waals surface area contributed by atoms with E-state index in [-0.39, 0.29) is 5.91 Å². The summed E-state index contributed by atoms with van der Waals surface area (Å²) < 4.78 is 0. The Morgan fingerprint density at radius 2 is 2.21 bits per heavy atom. The number of nitrogens with two attached hydrogens (primary N) is 2. The molecule has 1 aliphatic rings. The fraction of sp³-hybridized carbons (Fsp3) is 0.615. The van der Waals surface area contributed by atoms with Crippen molar-refractivity contribution in [2.45, 2.75) is 32.2 Å². The van der Waals surface area contributed by atoms with E-state index in [0.29, 0.717) is 23.2 Å². The fourth-order valence-electron chi connectivity index (χ4n) is 2.16. The molecule has 0 radical (unpaired) electrons. The standard InChI is InChI=1S/C13H22N4OS/c1-2-5-16-13(18)12-10(15)8-11(19-12)17-6-3-9(14)4-7-17/h8-9H,2-7,14-15H2,1H3,(H,16,18). The number of rotatable bonds is 4. The van der Waals surface area contributed by atoms with Crippen LogP contribution in [0.4, 0.5) is 10.7 Å². The summed E-state index contributed by atoms with van der Waals surface area (Å²) >= 11 is 1.47. The van der Waals surface area contributed by atoms with E-state index in [1.54, 1.807) is 0 Å². The lowest BCUT2D eigenvalue weighted by Gasteiger charge is -2.30. The molecule has 1 fully saturated rings. The third kappa shape index (κ3) is 3.39. The van der Waals surface area contributed by atoms with Gasteiger partial charge in [-0.1, -0.05) is 6.92 Å². The van der Waals surface area contributed by atoms with Crippen molar-refractivity contribution in [1.82, 2.24) is 5.32 Å². The fourth-order valence-corrected chi connectivity index (χ4v) is 3.21. The second kappa shape index (κ2) is 6.25. The first-order valence-electron chi connectivity index (χ1n) is 6.79. The van der Waals surface area contributed by atoms with E-state index < -0.39 is 0 Å². The highest BCUT2D eigenvalue weighted by Crippen LogP contribution is 2.33. The molecule has 19 heavy (non-hydrogen) atoms. The molecule has 1 amide bonds. The molecule has 2 heterocycles. The van der Waals surface area contributed by atoms with Gasteiger partial charge in [0.25, 0.3) is 5.91 Å². The molecule has 0 bridgehead atoms. The maximum atomic E-state index is 12.0. The Hall–Kier alpha value is -1.27. The number of hydrogen-bond donors (Lipinski definition) is 3. The van der Waals surface area contributed by atoms with Crippen LogP contribution in [-0.4, -0.2) is 31.6 Å². The molecule has 1 aromatic rings. The SMILES string of the molecule is CCCNC(=O)c1sc(N2CCC(N)CC2)cc1N. The first kappa shape index (κ1) is 14.1. The summed E-state index contributed by atoms with van der Waals surface area (Å²) in [7, 11) is 0. The molecule has 0 aliphatic carbocycles. The summed E-state index contributed by atoms with van der Waals surface area (Å²) in [5.41, 5.74) is 12.4. The zero-order valence-corrected chi connectivity index (χ0v) is 12.1. The van der Waals surface area contributed by atoms with Crippen LogP contribution in [0.5, 0.6) is 0 Å². The van der Waals surface area contributed by atoms with Crippen LogP contribution in [0, 0.1) is 0 Å². The van der Waals surface area contributed by atoms with E-state index in [1.807, 2.05) is 13.0 Å². The summed E-state index contributed by atoms with van der Waals surface area (Å²) in [5, 5.41) is 3.94. The quantitative estimate of drug-likeness (QED) is 0.779. The molecule has 106 valence electrons. The van der Waals surface area contributed by atoms with Crippen LogP contribution >= 0.6 is 11.3 Å². The maximum Gasteiger partial charge on any atom is 0.263 e. The zero-order chi connectivity index (χ0) is 13.8. The Labute approximate surface area is 118 Å². The molecule has 1 aromatic heterocycles. The molecular formula is C13H22N4OS. The molecule has 5 nitrogen and oxygen atoms in total. The van der Waals surface area contributed by atoms with Crippen molar-refractivity contribution >= 4 is 27.9 Å². The molecule has 0 spiro atoms. The van der Waals surface area contributed by atoms with Gasteiger partial charge in [-0.2, -0.15) is 0 Å². The van der Waals surface area contributed by atoms with E-state index in [0.717, 1.165) is 37.4 Å². The summed E-state index contributed by atoms with van der Waals surface area (Å²) in [6, 6.07) is 2.21. The smallest absolute Gasteiger partial charge is 0.263 e. The predicted octanol–water partition coefficient (Wildman–Crippen LogP) is 1.40. The third-order valence-corrected chi connectivity index (χ3v) is 4.55. The van der Waals surface area contributed by atoms with E-state index in [4.69, 9.17) is 11.5 Å². The summed E-state index contributed by atoms with van der Waals surface area (Å²) in [6.45, 7) is 4.60. The predicted molar refractivity (Wildman–Crippen MR) is 80.8 cm³/mol. The van der Waals surface area contributed by atoms with Gasteiger partial charge in [-0.05, 0) is 25.3 Å². The van der Waals surface area contributed by atoms with Gasteiger partial charge in [0, 0.05) is 25.7 Å². The Kier molecular flexibility index (Phi) is 4.66. The average molecular weight is 282 g/mol. The van der Waals surface area contributed by atoms with Crippen LogP contribution in [0.2, 0.25) is 0 Å². The van der Waals surface area contributed by atoms with E-state index in [1.165, 1.54) is 11.3 Å². The third-order valence-electron chi connectivity index (χ3n) is 3.34. The van der Waals surface area contributed by atoms with Gasteiger partial charge in [0.15, 0.2) is 0 Å². The van der Waals surface area contributed by atoms with Gasteiger partial charge in [0.2, 0.25) is 0 Å². The zero-order valence-electron chi connectivity index (χ0n) is 11.3. The number of nitrogens with zero attached hydrogens (tertiary/aromatic N) is 1. The number of thiophene rings is 1. The number of hydrogen-bond acceptors (Lipinski definition) is 5. The lowest BCUT2D eigenvalue weighted by atomic mass is 10.1. The Morgan fingerprint density at radius 3 is 2.84 bits per heavy atom. The van der Waals surface area contributed by atoms with Crippen LogP contribution in [0.25, 0.3) is 0 Å². The molecule has 0 atom stereocenters. The molecule has 0 unspecified atom stereocenters. The van der Waals surface area contributed by atoms with E-state index in [2.05, 4.69) is 10.2 Å². The monoisotopic (exact) mass is 282 g/mol. The van der Waals surface area contributed by atoms with Crippen LogP contribution in [0.3, 0.4) is 0 Å². The number of anilines is 2. The lowest BCUT2D eigenvalue weighted by Crippen LogP contribution is -2.39. The van der Waals surface area contributed by atoms with Gasteiger partial charge in [0.05, 0.1) is 10.7 Å². The summed E-state index contributed by atoms with van der Waals surface area (Å²) in [4.78, 5) is 14.8. The van der Waals surface area contributed by atoms with Crippen LogP contribution in [0.15, 0.2) is 6.07 Å². The van der Waals surface area contributed by atoms with Crippen molar-refractivity contribution in [3.63, 3.8) is 0 Å². The second-order valence-corrected chi connectivity index (χ2v) is 5.98. The molecular weight excluding hydrogens is 260 g/mol. The number of nitrogens with one attached hydrogen (secondary N) is 1. The topological polar surface area (TPSA) is 84.4 Å². The van der Waals surface area contributed by atoms with Gasteiger partial charge < -0.3 is 21.7 Å². The number of carbonyl (C=O) groups is 1. The Morgan fingerprint density at radius 1 is 1.53 bits per heavy atom. The van der Waals surface area contributed by atoms with Crippen molar-refractivity contribution in [1.29, 1.82) is 0 Å². The maximum absolute atomic E-state index is 12.0. The first-order chi connectivity index (χ1) is 9.11. The number of nitrogen functional groups attached to an aromatic ring is 1. The Balaban J connectivity index is 2.05. The van der Waals surface area contributed by atoms with Crippen LogP contribution in [-0.2, 0) is 0 Å². The minimum absolute atomic E-state index is 0.0655. The molecule has 6 heteroatoms. The molecule has 1 saturated heterocycles. The molecule has 0 aromatic carbocycles. The lowest BCUT2D eigenvalue weighted by molar-refractivity contribution is 0.0958. The molecule has 5 N–H and O–H groups in total. The van der Waals surface area contributed by atoms with Crippen molar-refractivity contribution < 1.29 is 4.79 Å². The molecule has 2 rings (SSSR count). The van der Waals surface area contributed by atoms with Crippen LogP contribution < -0.4 is 21.7 Å². The summed E-state index contributed by atoms with van der Waals surface area (Å²) in [6.07, 6.45) is 2.91. The second-order valence-electron chi connectivity index (χ2n) is 4.95. The molecule has 0 saturated carbocycles. The molecule has 1 aliphatic heterocycles. The highest BCUT2D eigenvalue weighted by molar-refractivity contribution is 7.18. The van der Waals surface area contributed by atoms with E-state index >= 15 is 0 Å². The number of amides is 1. The van der Waals surface area contributed by atoms with Gasteiger partial charge >= 0.3 is 0 Å². The van der Waals surface area contributed by atoms with Crippen molar-refractivity contribution in [2.24, 2.45) is 5.73 Å². The first-order valence-corrected chi connectivity index (χ1v) is 7.61. The minimum Gasteiger partial charge on any atom is -0.397 e.